The van der Waals surface area contributed by atoms with Gasteiger partial charge in [-0.1, -0.05) is 18.9 Å². The summed E-state index contributed by atoms with van der Waals surface area (Å²) >= 11 is 0. The quantitative estimate of drug-likeness (QED) is 0.474. The Morgan fingerprint density at radius 3 is 2.50 bits per heavy atom. The topological polar surface area (TPSA) is 40.5 Å². The number of aliphatic hydroxyl groups is 2. The smallest absolute Gasteiger partial charge is 0.0747 e. The van der Waals surface area contributed by atoms with E-state index in [2.05, 4.69) is 0 Å². The minimum absolute atomic E-state index is 0.263. The highest BCUT2D eigenvalue weighted by Gasteiger charge is 2.03. The van der Waals surface area contributed by atoms with Gasteiger partial charge < -0.3 is 10.2 Å². The van der Waals surface area contributed by atoms with Gasteiger partial charge in [0.05, 0.1) is 6.10 Å². The molecule has 0 saturated heterocycles. The lowest BCUT2D eigenvalue weighted by molar-refractivity contribution is 0.193. The molecule has 0 aromatic rings. The first-order valence-corrected chi connectivity index (χ1v) is 4.64. The Morgan fingerprint density at radius 1 is 1.33 bits per heavy atom. The van der Waals surface area contributed by atoms with Gasteiger partial charge in [-0.25, -0.2) is 0 Å². The second-order valence-electron chi connectivity index (χ2n) is 3.12. The summed E-state index contributed by atoms with van der Waals surface area (Å²) < 4.78 is 0. The maximum Gasteiger partial charge on any atom is 0.0747 e. The van der Waals surface area contributed by atoms with E-state index >= 15 is 0 Å². The lowest BCUT2D eigenvalue weighted by Crippen LogP contribution is -2.07. The first-order chi connectivity index (χ1) is 5.72. The predicted molar refractivity (Wildman–Crippen MR) is 51.0 cm³/mol. The molecule has 0 spiro atoms. The number of unbranched alkanes of at least 4 members (excludes halogenated alkanes) is 2. The van der Waals surface area contributed by atoms with Crippen molar-refractivity contribution in [2.24, 2.45) is 0 Å². The molecular weight excluding hydrogens is 152 g/mol. The lowest BCUT2D eigenvalue weighted by atomic mass is 10.0. The molecule has 0 aliphatic rings. The fourth-order valence-corrected chi connectivity index (χ4v) is 1.05. The van der Waals surface area contributed by atoms with Crippen molar-refractivity contribution in [2.45, 2.75) is 45.6 Å². The molecule has 0 aromatic carbocycles. The standard InChI is InChI=1S/C10H20O2/c1-3-9(2)10(12)7-5-4-6-8-11/h3,10-12H,4-8H2,1-2H3. The van der Waals surface area contributed by atoms with Gasteiger partial charge in [0.1, 0.15) is 0 Å². The van der Waals surface area contributed by atoms with Crippen LogP contribution < -0.4 is 0 Å². The third kappa shape index (κ3) is 5.33. The van der Waals surface area contributed by atoms with E-state index in [-0.39, 0.29) is 12.7 Å². The molecule has 0 radical (unpaired) electrons. The molecule has 0 aromatic heterocycles. The minimum atomic E-state index is -0.284. The molecule has 1 atom stereocenters. The van der Waals surface area contributed by atoms with Crippen molar-refractivity contribution in [3.8, 4) is 0 Å². The van der Waals surface area contributed by atoms with E-state index in [0.29, 0.717) is 0 Å². The monoisotopic (exact) mass is 172 g/mol. The van der Waals surface area contributed by atoms with Crippen LogP contribution in [0.4, 0.5) is 0 Å². The average Bonchev–Trinajstić information content (AvgIpc) is 2.10. The SMILES string of the molecule is CC=C(C)C(O)CCCCCO. The molecule has 0 amide bonds. The van der Waals surface area contributed by atoms with Crippen LogP contribution in [0.2, 0.25) is 0 Å². The summed E-state index contributed by atoms with van der Waals surface area (Å²) in [6.45, 7) is 4.14. The first kappa shape index (κ1) is 11.7. The molecule has 2 nitrogen and oxygen atoms in total. The Hall–Kier alpha value is -0.340. The van der Waals surface area contributed by atoms with Gasteiger partial charge >= 0.3 is 0 Å². The largest absolute Gasteiger partial charge is 0.396 e. The van der Waals surface area contributed by atoms with Gasteiger partial charge in [-0.05, 0) is 32.3 Å². The van der Waals surface area contributed by atoms with Crippen molar-refractivity contribution in [1.29, 1.82) is 0 Å². The zero-order valence-corrected chi connectivity index (χ0v) is 8.08. The van der Waals surface area contributed by atoms with Crippen molar-refractivity contribution in [3.05, 3.63) is 11.6 Å². The normalized spacial score (nSPS) is 14.8. The maximum atomic E-state index is 9.49. The van der Waals surface area contributed by atoms with Crippen LogP contribution in [0, 0.1) is 0 Å². The summed E-state index contributed by atoms with van der Waals surface area (Å²) in [7, 11) is 0. The average molecular weight is 172 g/mol. The van der Waals surface area contributed by atoms with E-state index < -0.39 is 0 Å². The number of allylic oxidation sites excluding steroid dienone is 1. The lowest BCUT2D eigenvalue weighted by Gasteiger charge is -2.09. The fourth-order valence-electron chi connectivity index (χ4n) is 1.05. The van der Waals surface area contributed by atoms with Crippen LogP contribution in [0.3, 0.4) is 0 Å². The molecule has 0 saturated carbocycles. The molecule has 12 heavy (non-hydrogen) atoms. The Morgan fingerprint density at radius 2 is 2.00 bits per heavy atom. The van der Waals surface area contributed by atoms with E-state index in [1.165, 1.54) is 0 Å². The Balaban J connectivity index is 3.37. The molecule has 0 aliphatic heterocycles. The van der Waals surface area contributed by atoms with Crippen molar-refractivity contribution >= 4 is 0 Å². The van der Waals surface area contributed by atoms with Gasteiger partial charge in [-0.2, -0.15) is 0 Å². The molecule has 2 heteroatoms. The highest BCUT2D eigenvalue weighted by molar-refractivity contribution is 5.02. The van der Waals surface area contributed by atoms with Gasteiger partial charge in [-0.3, -0.25) is 0 Å². The van der Waals surface area contributed by atoms with Gasteiger partial charge in [0.2, 0.25) is 0 Å². The van der Waals surface area contributed by atoms with Crippen LogP contribution >= 0.6 is 0 Å². The van der Waals surface area contributed by atoms with E-state index in [1.54, 1.807) is 0 Å². The summed E-state index contributed by atoms with van der Waals surface area (Å²) in [5, 5.41) is 18.0. The molecule has 72 valence electrons. The second-order valence-corrected chi connectivity index (χ2v) is 3.12. The Bertz CT molecular complexity index is 130. The summed E-state index contributed by atoms with van der Waals surface area (Å²) in [5.74, 6) is 0. The number of aliphatic hydroxyl groups excluding tert-OH is 2. The Labute approximate surface area is 74.9 Å². The molecule has 0 heterocycles. The summed E-state index contributed by atoms with van der Waals surface area (Å²) in [6, 6.07) is 0. The third-order valence-corrected chi connectivity index (χ3v) is 2.12. The van der Waals surface area contributed by atoms with E-state index in [4.69, 9.17) is 5.11 Å². The molecular formula is C10H20O2. The molecule has 0 bridgehead atoms. The summed E-state index contributed by atoms with van der Waals surface area (Å²) in [6.07, 6.45) is 5.32. The number of rotatable bonds is 6. The van der Waals surface area contributed by atoms with Gasteiger partial charge in [0, 0.05) is 6.61 Å². The molecule has 0 rings (SSSR count). The van der Waals surface area contributed by atoms with Crippen LogP contribution in [0.1, 0.15) is 39.5 Å². The van der Waals surface area contributed by atoms with E-state index in [9.17, 15) is 5.11 Å². The van der Waals surface area contributed by atoms with E-state index in [0.717, 1.165) is 31.3 Å². The van der Waals surface area contributed by atoms with Crippen molar-refractivity contribution in [2.75, 3.05) is 6.61 Å². The van der Waals surface area contributed by atoms with Crippen LogP contribution in [0.25, 0.3) is 0 Å². The highest BCUT2D eigenvalue weighted by atomic mass is 16.3. The zero-order chi connectivity index (χ0) is 9.40. The predicted octanol–water partition coefficient (Wildman–Crippen LogP) is 1.87. The van der Waals surface area contributed by atoms with Gasteiger partial charge in [0.15, 0.2) is 0 Å². The summed E-state index contributed by atoms with van der Waals surface area (Å²) in [5.41, 5.74) is 1.04. The zero-order valence-electron chi connectivity index (χ0n) is 8.08. The molecule has 1 unspecified atom stereocenters. The third-order valence-electron chi connectivity index (χ3n) is 2.12. The highest BCUT2D eigenvalue weighted by Crippen LogP contribution is 2.10. The second kappa shape index (κ2) is 7.32. The Kier molecular flexibility index (Phi) is 7.11. The number of hydrogen-bond donors (Lipinski definition) is 2. The van der Waals surface area contributed by atoms with Crippen LogP contribution in [-0.2, 0) is 0 Å². The van der Waals surface area contributed by atoms with Crippen LogP contribution in [0.15, 0.2) is 11.6 Å². The van der Waals surface area contributed by atoms with E-state index in [1.807, 2.05) is 19.9 Å². The van der Waals surface area contributed by atoms with Crippen molar-refractivity contribution < 1.29 is 10.2 Å². The van der Waals surface area contributed by atoms with Crippen molar-refractivity contribution in [1.82, 2.24) is 0 Å². The number of hydrogen-bond acceptors (Lipinski definition) is 2. The first-order valence-electron chi connectivity index (χ1n) is 4.64. The van der Waals surface area contributed by atoms with Gasteiger partial charge in [-0.15, -0.1) is 0 Å². The van der Waals surface area contributed by atoms with Gasteiger partial charge in [0.25, 0.3) is 0 Å². The molecule has 0 fully saturated rings. The van der Waals surface area contributed by atoms with Crippen LogP contribution in [0.5, 0.6) is 0 Å². The minimum Gasteiger partial charge on any atom is -0.396 e. The fraction of sp³-hybridized carbons (Fsp3) is 0.800. The maximum absolute atomic E-state index is 9.49. The molecule has 2 N–H and O–H groups in total. The van der Waals surface area contributed by atoms with Crippen molar-refractivity contribution in [3.63, 3.8) is 0 Å². The van der Waals surface area contributed by atoms with Crippen LogP contribution in [-0.4, -0.2) is 22.9 Å². The molecule has 0 aliphatic carbocycles. The summed E-state index contributed by atoms with van der Waals surface area (Å²) in [4.78, 5) is 0.